The number of carbonyl (C=O) groups excluding carboxylic acids is 1. The second-order valence-corrected chi connectivity index (χ2v) is 5.93. The van der Waals surface area contributed by atoms with E-state index in [1.165, 1.54) is 11.9 Å². The molecule has 1 N–H and O–H groups in total. The zero-order valence-corrected chi connectivity index (χ0v) is 14.0. The van der Waals surface area contributed by atoms with Crippen LogP contribution in [0, 0.1) is 0 Å². The van der Waals surface area contributed by atoms with Crippen LogP contribution in [0.4, 0.5) is 5.82 Å². The molecule has 1 fully saturated rings. The highest BCUT2D eigenvalue weighted by atomic mass is 35.5. The normalized spacial score (nSPS) is 14.5. The smallest absolute Gasteiger partial charge is 0.272 e. The maximum Gasteiger partial charge on any atom is 0.272 e. The zero-order valence-electron chi connectivity index (χ0n) is 13.2. The van der Waals surface area contributed by atoms with Crippen molar-refractivity contribution in [3.05, 3.63) is 52.9 Å². The van der Waals surface area contributed by atoms with Crippen LogP contribution in [0.25, 0.3) is 0 Å². The minimum Gasteiger partial charge on any atom is -0.378 e. The van der Waals surface area contributed by atoms with Gasteiger partial charge in [0.2, 0.25) is 0 Å². The molecule has 0 spiro atoms. The van der Waals surface area contributed by atoms with E-state index < -0.39 is 0 Å². The van der Waals surface area contributed by atoms with Crippen molar-refractivity contribution in [2.45, 2.75) is 6.42 Å². The van der Waals surface area contributed by atoms with Gasteiger partial charge in [0.1, 0.15) is 17.8 Å². The molecular weight excluding hydrogens is 328 g/mol. The van der Waals surface area contributed by atoms with Crippen molar-refractivity contribution in [1.29, 1.82) is 0 Å². The standard InChI is InChI=1S/C17H19ClN4O2/c18-14-3-1-13(2-4-14)5-6-19-16-11-15(20-12-21-16)17(23)22-7-9-24-10-8-22/h1-4,11-12H,5-10H2,(H,19,20,21). The van der Waals surface area contributed by atoms with Crippen LogP contribution in [0.2, 0.25) is 5.02 Å². The number of halogens is 1. The molecule has 3 rings (SSSR count). The highest BCUT2D eigenvalue weighted by Gasteiger charge is 2.19. The molecule has 0 unspecified atom stereocenters. The monoisotopic (exact) mass is 346 g/mol. The third kappa shape index (κ3) is 4.43. The number of benzene rings is 1. The first-order chi connectivity index (χ1) is 11.7. The summed E-state index contributed by atoms with van der Waals surface area (Å²) in [6, 6.07) is 9.44. The lowest BCUT2D eigenvalue weighted by Crippen LogP contribution is -2.41. The largest absolute Gasteiger partial charge is 0.378 e. The number of hydrogen-bond donors (Lipinski definition) is 1. The van der Waals surface area contributed by atoms with Crippen molar-refractivity contribution in [3.63, 3.8) is 0 Å². The fourth-order valence-corrected chi connectivity index (χ4v) is 2.61. The van der Waals surface area contributed by atoms with Crippen molar-refractivity contribution >= 4 is 23.3 Å². The summed E-state index contributed by atoms with van der Waals surface area (Å²) in [5.41, 5.74) is 1.59. The summed E-state index contributed by atoms with van der Waals surface area (Å²) in [5, 5.41) is 3.96. The van der Waals surface area contributed by atoms with Gasteiger partial charge in [-0.3, -0.25) is 4.79 Å². The van der Waals surface area contributed by atoms with E-state index in [2.05, 4.69) is 15.3 Å². The van der Waals surface area contributed by atoms with Crippen LogP contribution in [0.1, 0.15) is 16.1 Å². The summed E-state index contributed by atoms with van der Waals surface area (Å²) in [7, 11) is 0. The molecule has 0 saturated carbocycles. The van der Waals surface area contributed by atoms with Gasteiger partial charge in [0.15, 0.2) is 0 Å². The second kappa shape index (κ2) is 8.08. The number of nitrogens with zero attached hydrogens (tertiary/aromatic N) is 3. The average molecular weight is 347 g/mol. The van der Waals surface area contributed by atoms with E-state index in [-0.39, 0.29) is 5.91 Å². The maximum atomic E-state index is 12.4. The molecule has 0 aliphatic carbocycles. The Kier molecular flexibility index (Phi) is 5.61. The fourth-order valence-electron chi connectivity index (χ4n) is 2.49. The van der Waals surface area contributed by atoms with Gasteiger partial charge in [-0.25, -0.2) is 9.97 Å². The summed E-state index contributed by atoms with van der Waals surface area (Å²) in [6.07, 6.45) is 2.26. The van der Waals surface area contributed by atoms with Crippen LogP contribution in [0.3, 0.4) is 0 Å². The predicted octanol–water partition coefficient (Wildman–Crippen LogP) is 2.26. The molecule has 2 aromatic rings. The summed E-state index contributed by atoms with van der Waals surface area (Å²) < 4.78 is 5.26. The van der Waals surface area contributed by atoms with Gasteiger partial charge < -0.3 is 15.0 Å². The average Bonchev–Trinajstić information content (AvgIpc) is 2.64. The van der Waals surface area contributed by atoms with Gasteiger partial charge in [0, 0.05) is 30.7 Å². The molecule has 0 radical (unpaired) electrons. The molecule has 1 amide bonds. The molecule has 1 aromatic carbocycles. The number of morpholine rings is 1. The van der Waals surface area contributed by atoms with E-state index >= 15 is 0 Å². The van der Waals surface area contributed by atoms with Crippen molar-refractivity contribution < 1.29 is 9.53 Å². The Bertz CT molecular complexity index is 687. The number of ether oxygens (including phenoxy) is 1. The minimum absolute atomic E-state index is 0.0820. The van der Waals surface area contributed by atoms with Gasteiger partial charge in [-0.15, -0.1) is 0 Å². The topological polar surface area (TPSA) is 67.4 Å². The molecule has 7 heteroatoms. The van der Waals surface area contributed by atoms with Gasteiger partial charge in [-0.05, 0) is 24.1 Å². The zero-order chi connectivity index (χ0) is 16.8. The quantitative estimate of drug-likeness (QED) is 0.899. The molecule has 126 valence electrons. The third-order valence-electron chi connectivity index (χ3n) is 3.82. The van der Waals surface area contributed by atoms with E-state index in [1.54, 1.807) is 11.0 Å². The Morgan fingerprint density at radius 2 is 1.96 bits per heavy atom. The Hall–Kier alpha value is -2.18. The molecular formula is C17H19ClN4O2. The van der Waals surface area contributed by atoms with Gasteiger partial charge in [-0.1, -0.05) is 23.7 Å². The van der Waals surface area contributed by atoms with E-state index in [0.717, 1.165) is 11.4 Å². The number of hydrogen-bond acceptors (Lipinski definition) is 5. The Morgan fingerprint density at radius 3 is 2.71 bits per heavy atom. The maximum absolute atomic E-state index is 12.4. The van der Waals surface area contributed by atoms with E-state index in [4.69, 9.17) is 16.3 Å². The summed E-state index contributed by atoms with van der Waals surface area (Å²) >= 11 is 5.88. The SMILES string of the molecule is O=C(c1cc(NCCc2ccc(Cl)cc2)ncn1)N1CCOCC1. The summed E-state index contributed by atoms with van der Waals surface area (Å²) in [6.45, 7) is 3.06. The lowest BCUT2D eigenvalue weighted by Gasteiger charge is -2.26. The molecule has 1 saturated heterocycles. The number of anilines is 1. The van der Waals surface area contributed by atoms with Crippen molar-refractivity contribution in [3.8, 4) is 0 Å². The first-order valence-electron chi connectivity index (χ1n) is 7.90. The number of nitrogens with one attached hydrogen (secondary N) is 1. The van der Waals surface area contributed by atoms with E-state index in [0.29, 0.717) is 44.4 Å². The molecule has 24 heavy (non-hydrogen) atoms. The first-order valence-corrected chi connectivity index (χ1v) is 8.27. The highest BCUT2D eigenvalue weighted by molar-refractivity contribution is 6.30. The summed E-state index contributed by atoms with van der Waals surface area (Å²) in [4.78, 5) is 22.4. The van der Waals surface area contributed by atoms with Gasteiger partial charge in [0.25, 0.3) is 5.91 Å². The second-order valence-electron chi connectivity index (χ2n) is 5.50. The number of aromatic nitrogens is 2. The summed E-state index contributed by atoms with van der Waals surface area (Å²) in [5.74, 6) is 0.567. The van der Waals surface area contributed by atoms with Gasteiger partial charge >= 0.3 is 0 Å². The van der Waals surface area contributed by atoms with Crippen LogP contribution in [-0.4, -0.2) is 53.6 Å². The Morgan fingerprint density at radius 1 is 1.21 bits per heavy atom. The van der Waals surface area contributed by atoms with Crippen LogP contribution < -0.4 is 5.32 Å². The lowest BCUT2D eigenvalue weighted by atomic mass is 10.1. The van der Waals surface area contributed by atoms with Crippen LogP contribution in [0.15, 0.2) is 36.7 Å². The van der Waals surface area contributed by atoms with Crippen molar-refractivity contribution in [1.82, 2.24) is 14.9 Å². The fraction of sp³-hybridized carbons (Fsp3) is 0.353. The van der Waals surface area contributed by atoms with Crippen molar-refractivity contribution in [2.75, 3.05) is 38.2 Å². The Labute approximate surface area is 145 Å². The predicted molar refractivity (Wildman–Crippen MR) is 92.4 cm³/mol. The first kappa shape index (κ1) is 16.7. The number of rotatable bonds is 5. The molecule has 1 aromatic heterocycles. The van der Waals surface area contributed by atoms with E-state index in [9.17, 15) is 4.79 Å². The minimum atomic E-state index is -0.0820. The Balaban J connectivity index is 1.56. The van der Waals surface area contributed by atoms with Gasteiger partial charge in [-0.2, -0.15) is 0 Å². The molecule has 6 nitrogen and oxygen atoms in total. The molecule has 2 heterocycles. The molecule has 1 aliphatic rings. The van der Waals surface area contributed by atoms with Crippen LogP contribution in [0.5, 0.6) is 0 Å². The molecule has 1 aliphatic heterocycles. The van der Waals surface area contributed by atoms with E-state index in [1.807, 2.05) is 24.3 Å². The lowest BCUT2D eigenvalue weighted by molar-refractivity contribution is 0.0299. The van der Waals surface area contributed by atoms with Crippen LogP contribution >= 0.6 is 11.6 Å². The molecule has 0 bridgehead atoms. The van der Waals surface area contributed by atoms with Gasteiger partial charge in [0.05, 0.1) is 13.2 Å². The van der Waals surface area contributed by atoms with Crippen LogP contribution in [-0.2, 0) is 11.2 Å². The number of amides is 1. The molecule has 0 atom stereocenters. The number of carbonyl (C=O) groups is 1. The van der Waals surface area contributed by atoms with Crippen molar-refractivity contribution in [2.24, 2.45) is 0 Å². The highest BCUT2D eigenvalue weighted by Crippen LogP contribution is 2.11. The third-order valence-corrected chi connectivity index (χ3v) is 4.07.